The summed E-state index contributed by atoms with van der Waals surface area (Å²) in [5, 5.41) is 0.469. The summed E-state index contributed by atoms with van der Waals surface area (Å²) in [5.74, 6) is 0.943. The molecule has 1 fully saturated rings. The average molecular weight is 306 g/mol. The SMILES string of the molecule is Clc1ccc(CN2CCCN(Cc3ccccn3)CC2)o1. The van der Waals surface area contributed by atoms with Crippen molar-refractivity contribution in [2.24, 2.45) is 0 Å². The van der Waals surface area contributed by atoms with Crippen LogP contribution in [0.1, 0.15) is 17.9 Å². The predicted octanol–water partition coefficient (Wildman–Crippen LogP) is 3.04. The Balaban J connectivity index is 1.52. The maximum atomic E-state index is 5.82. The third-order valence-corrected chi connectivity index (χ3v) is 4.00. The van der Waals surface area contributed by atoms with Crippen LogP contribution in [0.25, 0.3) is 0 Å². The maximum absolute atomic E-state index is 5.82. The average Bonchev–Trinajstić information content (AvgIpc) is 2.77. The fourth-order valence-corrected chi connectivity index (χ4v) is 2.88. The van der Waals surface area contributed by atoms with Crippen LogP contribution in [-0.4, -0.2) is 41.0 Å². The Kier molecular flexibility index (Phi) is 4.91. The highest BCUT2D eigenvalue weighted by Crippen LogP contribution is 2.16. The molecule has 1 aliphatic heterocycles. The van der Waals surface area contributed by atoms with Crippen molar-refractivity contribution in [1.29, 1.82) is 0 Å². The lowest BCUT2D eigenvalue weighted by atomic mass is 10.3. The van der Waals surface area contributed by atoms with Crippen LogP contribution in [0.5, 0.6) is 0 Å². The summed E-state index contributed by atoms with van der Waals surface area (Å²) in [5.41, 5.74) is 1.14. The first kappa shape index (κ1) is 14.6. The summed E-state index contributed by atoms with van der Waals surface area (Å²) < 4.78 is 5.45. The molecule has 0 aromatic carbocycles. The minimum atomic E-state index is 0.469. The molecule has 21 heavy (non-hydrogen) atoms. The molecule has 1 saturated heterocycles. The van der Waals surface area contributed by atoms with E-state index in [-0.39, 0.29) is 0 Å². The summed E-state index contributed by atoms with van der Waals surface area (Å²) in [6.45, 7) is 6.09. The highest BCUT2D eigenvalue weighted by molar-refractivity contribution is 6.28. The van der Waals surface area contributed by atoms with E-state index < -0.39 is 0 Å². The Bertz CT molecular complexity index is 558. The fraction of sp³-hybridized carbons (Fsp3) is 0.438. The van der Waals surface area contributed by atoms with Gasteiger partial charge in [-0.3, -0.25) is 14.8 Å². The van der Waals surface area contributed by atoms with Crippen molar-refractivity contribution in [3.63, 3.8) is 0 Å². The van der Waals surface area contributed by atoms with E-state index in [0.717, 1.165) is 50.7 Å². The lowest BCUT2D eigenvalue weighted by Crippen LogP contribution is -2.30. The predicted molar refractivity (Wildman–Crippen MR) is 83.1 cm³/mol. The van der Waals surface area contributed by atoms with E-state index in [1.54, 1.807) is 0 Å². The molecule has 0 radical (unpaired) electrons. The van der Waals surface area contributed by atoms with Crippen LogP contribution in [0.15, 0.2) is 40.9 Å². The molecule has 2 aromatic rings. The zero-order valence-corrected chi connectivity index (χ0v) is 12.8. The standard InChI is InChI=1S/C16H20ClN3O/c17-16-6-5-15(21-16)13-20-9-3-8-19(10-11-20)12-14-4-1-2-7-18-14/h1-2,4-7H,3,8-13H2. The van der Waals surface area contributed by atoms with E-state index in [4.69, 9.17) is 16.0 Å². The molecule has 3 heterocycles. The molecule has 0 amide bonds. The van der Waals surface area contributed by atoms with Gasteiger partial charge in [0.05, 0.1) is 12.2 Å². The van der Waals surface area contributed by atoms with Gasteiger partial charge in [-0.2, -0.15) is 0 Å². The summed E-state index contributed by atoms with van der Waals surface area (Å²) in [6, 6.07) is 9.86. The molecular formula is C16H20ClN3O. The Morgan fingerprint density at radius 1 is 1.00 bits per heavy atom. The number of nitrogens with zero attached hydrogens (tertiary/aromatic N) is 3. The molecule has 0 spiro atoms. The molecule has 0 unspecified atom stereocenters. The highest BCUT2D eigenvalue weighted by Gasteiger charge is 2.16. The number of aromatic nitrogens is 1. The molecule has 0 N–H and O–H groups in total. The molecule has 112 valence electrons. The van der Waals surface area contributed by atoms with Gasteiger partial charge in [0.2, 0.25) is 0 Å². The first-order valence-electron chi connectivity index (χ1n) is 7.38. The van der Waals surface area contributed by atoms with Gasteiger partial charge in [-0.05, 0) is 55.4 Å². The molecule has 0 aliphatic carbocycles. The molecule has 4 nitrogen and oxygen atoms in total. The van der Waals surface area contributed by atoms with Crippen molar-refractivity contribution in [2.75, 3.05) is 26.2 Å². The lowest BCUT2D eigenvalue weighted by molar-refractivity contribution is 0.233. The van der Waals surface area contributed by atoms with E-state index in [9.17, 15) is 0 Å². The van der Waals surface area contributed by atoms with E-state index >= 15 is 0 Å². The fourth-order valence-electron chi connectivity index (χ4n) is 2.72. The van der Waals surface area contributed by atoms with Crippen molar-refractivity contribution in [1.82, 2.24) is 14.8 Å². The quantitative estimate of drug-likeness (QED) is 0.869. The van der Waals surface area contributed by atoms with Gasteiger partial charge in [-0.15, -0.1) is 0 Å². The van der Waals surface area contributed by atoms with Crippen LogP contribution in [0.3, 0.4) is 0 Å². The number of hydrogen-bond acceptors (Lipinski definition) is 4. The first-order valence-corrected chi connectivity index (χ1v) is 7.76. The summed E-state index contributed by atoms with van der Waals surface area (Å²) in [4.78, 5) is 9.30. The van der Waals surface area contributed by atoms with Crippen molar-refractivity contribution in [3.8, 4) is 0 Å². The first-order chi connectivity index (χ1) is 10.3. The zero-order valence-electron chi connectivity index (χ0n) is 12.0. The Hall–Kier alpha value is -1.36. The maximum Gasteiger partial charge on any atom is 0.193 e. The van der Waals surface area contributed by atoms with Crippen LogP contribution in [0.2, 0.25) is 5.22 Å². The Morgan fingerprint density at radius 2 is 1.81 bits per heavy atom. The van der Waals surface area contributed by atoms with Gasteiger partial charge in [0.1, 0.15) is 5.76 Å². The minimum absolute atomic E-state index is 0.469. The molecule has 0 atom stereocenters. The van der Waals surface area contributed by atoms with E-state index in [1.807, 2.05) is 30.5 Å². The van der Waals surface area contributed by atoms with E-state index in [0.29, 0.717) is 5.22 Å². The third-order valence-electron chi connectivity index (χ3n) is 3.80. The normalized spacial score (nSPS) is 17.8. The number of hydrogen-bond donors (Lipinski definition) is 0. The van der Waals surface area contributed by atoms with Crippen LogP contribution in [-0.2, 0) is 13.1 Å². The van der Waals surface area contributed by atoms with Gasteiger partial charge < -0.3 is 4.42 Å². The molecule has 5 heteroatoms. The van der Waals surface area contributed by atoms with Gasteiger partial charge in [-0.25, -0.2) is 0 Å². The van der Waals surface area contributed by atoms with E-state index in [1.165, 1.54) is 6.42 Å². The largest absolute Gasteiger partial charge is 0.448 e. The van der Waals surface area contributed by atoms with Gasteiger partial charge in [0.15, 0.2) is 5.22 Å². The van der Waals surface area contributed by atoms with Crippen molar-refractivity contribution in [3.05, 3.63) is 53.2 Å². The van der Waals surface area contributed by atoms with Crippen molar-refractivity contribution in [2.45, 2.75) is 19.5 Å². The van der Waals surface area contributed by atoms with Crippen LogP contribution < -0.4 is 0 Å². The number of rotatable bonds is 4. The third kappa shape index (κ3) is 4.30. The van der Waals surface area contributed by atoms with Gasteiger partial charge in [-0.1, -0.05) is 6.07 Å². The van der Waals surface area contributed by atoms with Crippen molar-refractivity contribution >= 4 is 11.6 Å². The van der Waals surface area contributed by atoms with Gasteiger partial charge >= 0.3 is 0 Å². The van der Waals surface area contributed by atoms with Gasteiger partial charge in [0.25, 0.3) is 0 Å². The molecule has 1 aliphatic rings. The van der Waals surface area contributed by atoms with Gasteiger partial charge in [0, 0.05) is 25.8 Å². The smallest absolute Gasteiger partial charge is 0.193 e. The molecule has 3 rings (SSSR count). The number of pyridine rings is 1. The van der Waals surface area contributed by atoms with E-state index in [2.05, 4.69) is 20.9 Å². The van der Waals surface area contributed by atoms with Crippen LogP contribution in [0.4, 0.5) is 0 Å². The van der Waals surface area contributed by atoms with Crippen molar-refractivity contribution < 1.29 is 4.42 Å². The molecular weight excluding hydrogens is 286 g/mol. The zero-order chi connectivity index (χ0) is 14.5. The van der Waals surface area contributed by atoms with Crippen LogP contribution >= 0.6 is 11.6 Å². The molecule has 0 saturated carbocycles. The Labute approximate surface area is 130 Å². The monoisotopic (exact) mass is 305 g/mol. The summed E-state index contributed by atoms with van der Waals surface area (Å²) >= 11 is 5.82. The highest BCUT2D eigenvalue weighted by atomic mass is 35.5. The summed E-state index contributed by atoms with van der Waals surface area (Å²) in [6.07, 6.45) is 3.03. The second kappa shape index (κ2) is 7.07. The lowest BCUT2D eigenvalue weighted by Gasteiger charge is -2.20. The Morgan fingerprint density at radius 3 is 2.48 bits per heavy atom. The second-order valence-electron chi connectivity index (χ2n) is 5.43. The summed E-state index contributed by atoms with van der Waals surface area (Å²) in [7, 11) is 0. The second-order valence-corrected chi connectivity index (χ2v) is 5.81. The number of halogens is 1. The minimum Gasteiger partial charge on any atom is -0.448 e. The molecule has 2 aromatic heterocycles. The topological polar surface area (TPSA) is 32.5 Å². The number of furan rings is 1. The molecule has 0 bridgehead atoms. The van der Waals surface area contributed by atoms with Crippen LogP contribution in [0, 0.1) is 0 Å².